The van der Waals surface area contributed by atoms with Crippen LogP contribution in [0.1, 0.15) is 25.7 Å². The molecule has 2 N–H and O–H groups in total. The van der Waals surface area contributed by atoms with E-state index in [0.29, 0.717) is 12.6 Å². The number of aliphatic hydroxyl groups is 1. The number of H-pyrrole nitrogens is 1. The lowest BCUT2D eigenvalue weighted by atomic mass is 10.2. The molecule has 0 unspecified atom stereocenters. The van der Waals surface area contributed by atoms with Gasteiger partial charge < -0.3 is 15.0 Å². The van der Waals surface area contributed by atoms with Gasteiger partial charge in [0.2, 0.25) is 5.95 Å². The van der Waals surface area contributed by atoms with E-state index in [1.807, 2.05) is 24.3 Å². The molecule has 1 aliphatic rings. The van der Waals surface area contributed by atoms with Crippen molar-refractivity contribution in [2.75, 3.05) is 18.1 Å². The van der Waals surface area contributed by atoms with Gasteiger partial charge in [-0.05, 0) is 25.0 Å². The van der Waals surface area contributed by atoms with E-state index in [9.17, 15) is 5.11 Å². The first kappa shape index (κ1) is 11.5. The van der Waals surface area contributed by atoms with Gasteiger partial charge in [-0.2, -0.15) is 0 Å². The van der Waals surface area contributed by atoms with Gasteiger partial charge in [0.15, 0.2) is 0 Å². The third kappa shape index (κ3) is 2.08. The SMILES string of the molecule is OCCN(c1nc2ccccc2[nH]1)C1CCCC1. The lowest BCUT2D eigenvalue weighted by Crippen LogP contribution is -2.36. The molecule has 0 atom stereocenters. The molecule has 1 aromatic carbocycles. The zero-order valence-corrected chi connectivity index (χ0v) is 10.5. The number of fused-ring (bicyclic) bond motifs is 1. The predicted molar refractivity (Wildman–Crippen MR) is 72.8 cm³/mol. The van der Waals surface area contributed by atoms with Crippen molar-refractivity contribution in [1.29, 1.82) is 0 Å². The smallest absolute Gasteiger partial charge is 0.204 e. The van der Waals surface area contributed by atoms with Gasteiger partial charge in [-0.25, -0.2) is 4.98 Å². The van der Waals surface area contributed by atoms with Crippen molar-refractivity contribution in [3.05, 3.63) is 24.3 Å². The highest BCUT2D eigenvalue weighted by Gasteiger charge is 2.24. The standard InChI is InChI=1S/C14H19N3O/c18-10-9-17(11-5-1-2-6-11)14-15-12-7-3-4-8-13(12)16-14/h3-4,7-8,11,18H,1-2,5-6,9-10H2,(H,15,16). The minimum absolute atomic E-state index is 0.174. The van der Waals surface area contributed by atoms with Gasteiger partial charge >= 0.3 is 0 Å². The highest BCUT2D eigenvalue weighted by atomic mass is 16.3. The molecule has 96 valence electrons. The van der Waals surface area contributed by atoms with Crippen molar-refractivity contribution < 1.29 is 5.11 Å². The van der Waals surface area contributed by atoms with E-state index in [0.717, 1.165) is 17.0 Å². The molecule has 2 aromatic rings. The van der Waals surface area contributed by atoms with Crippen LogP contribution < -0.4 is 4.90 Å². The molecule has 4 heteroatoms. The molecular weight excluding hydrogens is 226 g/mol. The molecule has 1 aromatic heterocycles. The molecule has 4 nitrogen and oxygen atoms in total. The van der Waals surface area contributed by atoms with Gasteiger partial charge in [0.05, 0.1) is 17.6 Å². The summed E-state index contributed by atoms with van der Waals surface area (Å²) in [4.78, 5) is 10.2. The average molecular weight is 245 g/mol. The fraction of sp³-hybridized carbons (Fsp3) is 0.500. The molecule has 0 bridgehead atoms. The minimum Gasteiger partial charge on any atom is -0.395 e. The largest absolute Gasteiger partial charge is 0.395 e. The number of hydrogen-bond donors (Lipinski definition) is 2. The van der Waals surface area contributed by atoms with Gasteiger partial charge in [0, 0.05) is 12.6 Å². The van der Waals surface area contributed by atoms with Crippen LogP contribution in [-0.4, -0.2) is 34.3 Å². The van der Waals surface area contributed by atoms with Crippen LogP contribution in [0.2, 0.25) is 0 Å². The Morgan fingerprint density at radius 3 is 2.78 bits per heavy atom. The Bertz CT molecular complexity index is 483. The van der Waals surface area contributed by atoms with Crippen LogP contribution in [-0.2, 0) is 0 Å². The molecule has 0 aliphatic heterocycles. The van der Waals surface area contributed by atoms with Crippen molar-refractivity contribution in [3.63, 3.8) is 0 Å². The molecule has 0 spiro atoms. The number of aliphatic hydroxyl groups excluding tert-OH is 1. The molecule has 1 heterocycles. The van der Waals surface area contributed by atoms with Gasteiger partial charge in [-0.3, -0.25) is 0 Å². The van der Waals surface area contributed by atoms with E-state index >= 15 is 0 Å². The normalized spacial score (nSPS) is 16.5. The van der Waals surface area contributed by atoms with Gasteiger partial charge in [0.1, 0.15) is 0 Å². The van der Waals surface area contributed by atoms with E-state index in [1.54, 1.807) is 0 Å². The van der Waals surface area contributed by atoms with Crippen molar-refractivity contribution in [3.8, 4) is 0 Å². The van der Waals surface area contributed by atoms with E-state index in [-0.39, 0.29) is 6.61 Å². The van der Waals surface area contributed by atoms with E-state index in [4.69, 9.17) is 0 Å². The number of aromatic nitrogens is 2. The summed E-state index contributed by atoms with van der Waals surface area (Å²) in [5.74, 6) is 0.900. The second kappa shape index (κ2) is 4.98. The van der Waals surface area contributed by atoms with Crippen LogP contribution in [0.3, 0.4) is 0 Å². The number of aromatic amines is 1. The number of rotatable bonds is 4. The van der Waals surface area contributed by atoms with Gasteiger partial charge in [-0.1, -0.05) is 25.0 Å². The molecule has 0 radical (unpaired) electrons. The average Bonchev–Trinajstić information content (AvgIpc) is 3.04. The molecule has 1 fully saturated rings. The Morgan fingerprint density at radius 1 is 1.28 bits per heavy atom. The zero-order valence-electron chi connectivity index (χ0n) is 10.5. The first-order valence-electron chi connectivity index (χ1n) is 6.71. The van der Waals surface area contributed by atoms with Crippen molar-refractivity contribution >= 4 is 17.0 Å². The van der Waals surface area contributed by atoms with Crippen molar-refractivity contribution in [2.45, 2.75) is 31.7 Å². The Morgan fingerprint density at radius 2 is 2.06 bits per heavy atom. The molecule has 3 rings (SSSR count). The molecular formula is C14H19N3O. The molecule has 1 saturated carbocycles. The maximum absolute atomic E-state index is 9.25. The summed E-state index contributed by atoms with van der Waals surface area (Å²) in [7, 11) is 0. The molecule has 18 heavy (non-hydrogen) atoms. The van der Waals surface area contributed by atoms with E-state index in [2.05, 4.69) is 14.9 Å². The summed E-state index contributed by atoms with van der Waals surface area (Å²) in [5.41, 5.74) is 2.06. The van der Waals surface area contributed by atoms with Crippen molar-refractivity contribution in [1.82, 2.24) is 9.97 Å². The topological polar surface area (TPSA) is 52.1 Å². The second-order valence-corrected chi connectivity index (χ2v) is 4.93. The van der Waals surface area contributed by atoms with E-state index in [1.165, 1.54) is 25.7 Å². The zero-order chi connectivity index (χ0) is 12.4. The van der Waals surface area contributed by atoms with Gasteiger partial charge in [0.25, 0.3) is 0 Å². The third-order valence-electron chi connectivity index (χ3n) is 3.76. The summed E-state index contributed by atoms with van der Waals surface area (Å²) in [5, 5.41) is 9.25. The summed E-state index contributed by atoms with van der Waals surface area (Å²) in [6, 6.07) is 8.59. The summed E-state index contributed by atoms with van der Waals surface area (Å²) < 4.78 is 0. The number of anilines is 1. The lowest BCUT2D eigenvalue weighted by Gasteiger charge is -2.27. The number of nitrogens with zero attached hydrogens (tertiary/aromatic N) is 2. The maximum Gasteiger partial charge on any atom is 0.204 e. The van der Waals surface area contributed by atoms with Crippen LogP contribution in [0.15, 0.2) is 24.3 Å². The predicted octanol–water partition coefficient (Wildman–Crippen LogP) is 2.30. The fourth-order valence-electron chi connectivity index (χ4n) is 2.86. The minimum atomic E-state index is 0.174. The Labute approximate surface area is 107 Å². The summed E-state index contributed by atoms with van der Waals surface area (Å²) in [6.45, 7) is 0.831. The monoisotopic (exact) mass is 245 g/mol. The van der Waals surface area contributed by atoms with Crippen LogP contribution >= 0.6 is 0 Å². The number of hydrogen-bond acceptors (Lipinski definition) is 3. The number of nitrogens with one attached hydrogen (secondary N) is 1. The first-order chi connectivity index (χ1) is 8.88. The van der Waals surface area contributed by atoms with Crippen LogP contribution in [0.5, 0.6) is 0 Å². The number of imidazole rings is 1. The number of benzene rings is 1. The van der Waals surface area contributed by atoms with Crippen LogP contribution in [0.25, 0.3) is 11.0 Å². The van der Waals surface area contributed by atoms with Crippen LogP contribution in [0.4, 0.5) is 5.95 Å². The highest BCUT2D eigenvalue weighted by Crippen LogP contribution is 2.27. The Hall–Kier alpha value is -1.55. The van der Waals surface area contributed by atoms with Crippen molar-refractivity contribution in [2.24, 2.45) is 0 Å². The van der Waals surface area contributed by atoms with Crippen LogP contribution in [0, 0.1) is 0 Å². The molecule has 1 aliphatic carbocycles. The quantitative estimate of drug-likeness (QED) is 0.869. The van der Waals surface area contributed by atoms with Gasteiger partial charge in [-0.15, -0.1) is 0 Å². The molecule has 0 saturated heterocycles. The first-order valence-corrected chi connectivity index (χ1v) is 6.71. The summed E-state index contributed by atoms with van der Waals surface area (Å²) >= 11 is 0. The third-order valence-corrected chi connectivity index (χ3v) is 3.76. The fourth-order valence-corrected chi connectivity index (χ4v) is 2.86. The highest BCUT2D eigenvalue weighted by molar-refractivity contribution is 5.77. The lowest BCUT2D eigenvalue weighted by molar-refractivity contribution is 0.296. The number of para-hydroxylation sites is 2. The Balaban J connectivity index is 1.92. The molecule has 0 amide bonds. The second-order valence-electron chi connectivity index (χ2n) is 4.93. The van der Waals surface area contributed by atoms with E-state index < -0.39 is 0 Å². The Kier molecular flexibility index (Phi) is 3.19. The summed E-state index contributed by atoms with van der Waals surface area (Å²) in [6.07, 6.45) is 4.98. The maximum atomic E-state index is 9.25.